The van der Waals surface area contributed by atoms with Gasteiger partial charge in [-0.15, -0.1) is 0 Å². The molecule has 1 amide bonds. The fourth-order valence-electron chi connectivity index (χ4n) is 2.65. The van der Waals surface area contributed by atoms with Crippen LogP contribution in [0.4, 0.5) is 18.9 Å². The molecule has 2 rings (SSSR count). The summed E-state index contributed by atoms with van der Waals surface area (Å²) >= 11 is 0. The number of nitrogens with zero attached hydrogens (tertiary/aromatic N) is 1. The fraction of sp³-hybridized carbons (Fsp3) is 0.533. The van der Waals surface area contributed by atoms with Gasteiger partial charge in [-0.2, -0.15) is 13.2 Å². The van der Waals surface area contributed by atoms with Crippen molar-refractivity contribution in [2.75, 3.05) is 24.2 Å². The summed E-state index contributed by atoms with van der Waals surface area (Å²) in [6.45, 7) is 1.95. The number of sulfonamides is 1. The van der Waals surface area contributed by atoms with Crippen molar-refractivity contribution in [1.82, 2.24) is 4.31 Å². The van der Waals surface area contributed by atoms with E-state index in [2.05, 4.69) is 5.32 Å². The summed E-state index contributed by atoms with van der Waals surface area (Å²) in [7, 11) is -3.30. The van der Waals surface area contributed by atoms with Crippen molar-refractivity contribution in [3.8, 4) is 0 Å². The first-order chi connectivity index (χ1) is 11.1. The van der Waals surface area contributed by atoms with Gasteiger partial charge < -0.3 is 5.32 Å². The molecule has 1 aliphatic heterocycles. The minimum Gasteiger partial charge on any atom is -0.325 e. The molecule has 1 aromatic rings. The highest BCUT2D eigenvalue weighted by atomic mass is 32.2. The standard InChI is InChI=1S/C15H19F3N2O3S/c1-2-24(22,23)20-9-7-11(8-10-20)14(21)19-13-6-4-3-5-12(13)15(16,17)18/h3-6,11H,2,7-10H2,1H3,(H,19,21). The maximum absolute atomic E-state index is 12.9. The molecule has 24 heavy (non-hydrogen) atoms. The zero-order valence-electron chi connectivity index (χ0n) is 13.1. The number of piperidine rings is 1. The third-order valence-corrected chi connectivity index (χ3v) is 5.95. The number of para-hydroxylation sites is 1. The van der Waals surface area contributed by atoms with Crippen molar-refractivity contribution in [2.24, 2.45) is 5.92 Å². The van der Waals surface area contributed by atoms with Crippen LogP contribution >= 0.6 is 0 Å². The monoisotopic (exact) mass is 364 g/mol. The van der Waals surface area contributed by atoms with Crippen molar-refractivity contribution in [2.45, 2.75) is 25.9 Å². The van der Waals surface area contributed by atoms with Gasteiger partial charge in [0.15, 0.2) is 0 Å². The smallest absolute Gasteiger partial charge is 0.325 e. The maximum Gasteiger partial charge on any atom is 0.418 e. The Kier molecular flexibility index (Phi) is 5.54. The molecule has 0 spiro atoms. The van der Waals surface area contributed by atoms with E-state index in [1.807, 2.05) is 0 Å². The highest BCUT2D eigenvalue weighted by Gasteiger charge is 2.35. The van der Waals surface area contributed by atoms with E-state index in [0.29, 0.717) is 12.8 Å². The van der Waals surface area contributed by atoms with Gasteiger partial charge in [0.25, 0.3) is 0 Å². The second-order valence-corrected chi connectivity index (χ2v) is 7.86. The summed E-state index contributed by atoms with van der Waals surface area (Å²) in [6.07, 6.45) is -3.97. The number of halogens is 3. The Labute approximate surface area is 138 Å². The number of carbonyl (C=O) groups is 1. The number of anilines is 1. The fourth-order valence-corrected chi connectivity index (χ4v) is 3.79. The lowest BCUT2D eigenvalue weighted by Crippen LogP contribution is -2.42. The molecule has 0 saturated carbocycles. The summed E-state index contributed by atoms with van der Waals surface area (Å²) in [5, 5.41) is 2.33. The average molecular weight is 364 g/mol. The van der Waals surface area contributed by atoms with Gasteiger partial charge >= 0.3 is 6.18 Å². The van der Waals surface area contributed by atoms with Crippen molar-refractivity contribution in [3.63, 3.8) is 0 Å². The summed E-state index contributed by atoms with van der Waals surface area (Å²) in [6, 6.07) is 4.79. The number of hydrogen-bond acceptors (Lipinski definition) is 3. The molecular formula is C15H19F3N2O3S. The van der Waals surface area contributed by atoms with Crippen LogP contribution in [0.15, 0.2) is 24.3 Å². The van der Waals surface area contributed by atoms with Crippen LogP contribution in [0.3, 0.4) is 0 Å². The zero-order valence-corrected chi connectivity index (χ0v) is 14.0. The van der Waals surface area contributed by atoms with E-state index in [4.69, 9.17) is 0 Å². The van der Waals surface area contributed by atoms with Gasteiger partial charge in [0.1, 0.15) is 0 Å². The quantitative estimate of drug-likeness (QED) is 0.893. The van der Waals surface area contributed by atoms with E-state index in [1.54, 1.807) is 6.92 Å². The molecule has 0 atom stereocenters. The van der Waals surface area contributed by atoms with Gasteiger partial charge in [-0.3, -0.25) is 4.79 Å². The number of amides is 1. The van der Waals surface area contributed by atoms with E-state index in [1.165, 1.54) is 22.5 Å². The Morgan fingerprint density at radius 2 is 1.83 bits per heavy atom. The molecule has 134 valence electrons. The zero-order chi connectivity index (χ0) is 18.0. The summed E-state index contributed by atoms with van der Waals surface area (Å²) in [5.41, 5.74) is -1.18. The Morgan fingerprint density at radius 3 is 2.38 bits per heavy atom. The molecule has 0 bridgehead atoms. The molecule has 1 saturated heterocycles. The lowest BCUT2D eigenvalue weighted by molar-refractivity contribution is -0.137. The largest absolute Gasteiger partial charge is 0.418 e. The normalized spacial score (nSPS) is 17.7. The van der Waals surface area contributed by atoms with Crippen LogP contribution in [0.5, 0.6) is 0 Å². The molecule has 5 nitrogen and oxygen atoms in total. The third kappa shape index (κ3) is 4.27. The summed E-state index contributed by atoms with van der Waals surface area (Å²) in [4.78, 5) is 12.2. The molecule has 0 unspecified atom stereocenters. The van der Waals surface area contributed by atoms with Gasteiger partial charge in [-0.25, -0.2) is 12.7 Å². The van der Waals surface area contributed by atoms with Crippen LogP contribution in [0.25, 0.3) is 0 Å². The first kappa shape index (κ1) is 18.7. The van der Waals surface area contributed by atoms with Gasteiger partial charge in [-0.1, -0.05) is 12.1 Å². The minimum atomic E-state index is -4.55. The predicted octanol–water partition coefficient (Wildman–Crippen LogP) is 2.71. The molecule has 1 aromatic carbocycles. The molecule has 9 heteroatoms. The van der Waals surface area contributed by atoms with E-state index >= 15 is 0 Å². The number of rotatable bonds is 4. The molecule has 1 N–H and O–H groups in total. The highest BCUT2D eigenvalue weighted by molar-refractivity contribution is 7.89. The van der Waals surface area contributed by atoms with Gasteiger partial charge in [-0.05, 0) is 31.9 Å². The summed E-state index contributed by atoms with van der Waals surface area (Å²) in [5.74, 6) is -1.03. The Hall–Kier alpha value is -1.61. The first-order valence-electron chi connectivity index (χ1n) is 7.60. The Morgan fingerprint density at radius 1 is 1.25 bits per heavy atom. The van der Waals surface area contributed by atoms with Crippen LogP contribution in [0.2, 0.25) is 0 Å². The summed E-state index contributed by atoms with van der Waals surface area (Å²) < 4.78 is 63.7. The van der Waals surface area contributed by atoms with Crippen LogP contribution in [0.1, 0.15) is 25.3 Å². The number of benzene rings is 1. The molecular weight excluding hydrogens is 345 g/mol. The molecule has 1 fully saturated rings. The second-order valence-electron chi connectivity index (χ2n) is 5.61. The topological polar surface area (TPSA) is 66.5 Å². The molecule has 0 aromatic heterocycles. The molecule has 0 aliphatic carbocycles. The van der Waals surface area contributed by atoms with Crippen molar-refractivity contribution < 1.29 is 26.4 Å². The van der Waals surface area contributed by atoms with Gasteiger partial charge in [0.2, 0.25) is 15.9 Å². The van der Waals surface area contributed by atoms with E-state index < -0.39 is 33.6 Å². The Balaban J connectivity index is 2.03. The molecule has 0 radical (unpaired) electrons. The first-order valence-corrected chi connectivity index (χ1v) is 9.21. The van der Waals surface area contributed by atoms with Crippen molar-refractivity contribution >= 4 is 21.6 Å². The lowest BCUT2D eigenvalue weighted by Gasteiger charge is -2.30. The maximum atomic E-state index is 12.9. The van der Waals surface area contributed by atoms with Gasteiger partial charge in [0, 0.05) is 19.0 Å². The van der Waals surface area contributed by atoms with Crippen LogP contribution in [0, 0.1) is 5.92 Å². The number of nitrogens with one attached hydrogen (secondary N) is 1. The minimum absolute atomic E-state index is 0.0111. The van der Waals surface area contributed by atoms with Crippen molar-refractivity contribution in [1.29, 1.82) is 0 Å². The highest BCUT2D eigenvalue weighted by Crippen LogP contribution is 2.35. The molecule has 1 aliphatic rings. The van der Waals surface area contributed by atoms with Crippen molar-refractivity contribution in [3.05, 3.63) is 29.8 Å². The van der Waals surface area contributed by atoms with E-state index in [-0.39, 0.29) is 24.5 Å². The third-order valence-electron chi connectivity index (χ3n) is 4.07. The SMILES string of the molecule is CCS(=O)(=O)N1CCC(C(=O)Nc2ccccc2C(F)(F)F)CC1. The Bertz CT molecular complexity index is 696. The predicted molar refractivity (Wildman–Crippen MR) is 83.8 cm³/mol. The number of carbonyl (C=O) groups excluding carboxylic acids is 1. The number of hydrogen-bond donors (Lipinski definition) is 1. The van der Waals surface area contributed by atoms with Crippen LogP contribution in [-0.2, 0) is 21.0 Å². The van der Waals surface area contributed by atoms with E-state index in [0.717, 1.165) is 6.07 Å². The number of alkyl halides is 3. The van der Waals surface area contributed by atoms with E-state index in [9.17, 15) is 26.4 Å². The van der Waals surface area contributed by atoms with Crippen LogP contribution < -0.4 is 5.32 Å². The second kappa shape index (κ2) is 7.10. The lowest BCUT2D eigenvalue weighted by atomic mass is 9.97. The average Bonchev–Trinajstić information content (AvgIpc) is 2.54. The van der Waals surface area contributed by atoms with Gasteiger partial charge in [0.05, 0.1) is 17.0 Å². The molecule has 1 heterocycles. The van der Waals surface area contributed by atoms with Crippen LogP contribution in [-0.4, -0.2) is 37.5 Å².